The molecule has 1 aliphatic heterocycles. The Balaban J connectivity index is 1.64. The predicted octanol–water partition coefficient (Wildman–Crippen LogP) is 3.34. The molecule has 28 heavy (non-hydrogen) atoms. The highest BCUT2D eigenvalue weighted by molar-refractivity contribution is 7.89. The van der Waals surface area contributed by atoms with E-state index in [1.807, 2.05) is 6.07 Å². The topological polar surface area (TPSA) is 87.5 Å². The van der Waals surface area contributed by atoms with Crippen molar-refractivity contribution in [2.75, 3.05) is 13.1 Å². The van der Waals surface area contributed by atoms with Gasteiger partial charge in [-0.15, -0.1) is 0 Å². The minimum absolute atomic E-state index is 0.0420. The van der Waals surface area contributed by atoms with Gasteiger partial charge in [-0.1, -0.05) is 19.1 Å². The number of hydrogen-bond donors (Lipinski definition) is 0. The van der Waals surface area contributed by atoms with Crippen LogP contribution in [0, 0.1) is 17.2 Å². The highest BCUT2D eigenvalue weighted by Crippen LogP contribution is 2.23. The van der Waals surface area contributed by atoms with Gasteiger partial charge in [0.15, 0.2) is 0 Å². The molecule has 0 aliphatic carbocycles. The van der Waals surface area contributed by atoms with Crippen molar-refractivity contribution in [1.29, 1.82) is 5.26 Å². The number of nitrogens with zero attached hydrogens (tertiary/aromatic N) is 2. The second-order valence-electron chi connectivity index (χ2n) is 7.00. The summed E-state index contributed by atoms with van der Waals surface area (Å²) in [7, 11) is -3.54. The summed E-state index contributed by atoms with van der Waals surface area (Å²) in [5, 5.41) is 8.91. The van der Waals surface area contributed by atoms with E-state index in [0.717, 1.165) is 12.8 Å². The van der Waals surface area contributed by atoms with Crippen molar-refractivity contribution in [3.63, 3.8) is 0 Å². The number of piperidine rings is 1. The number of ether oxygens (including phenoxy) is 1. The average molecular weight is 398 g/mol. The number of benzene rings is 2. The molecule has 6 nitrogen and oxygen atoms in total. The minimum atomic E-state index is -3.54. The molecule has 0 unspecified atom stereocenters. The largest absolute Gasteiger partial charge is 0.457 e. The molecule has 0 aromatic heterocycles. The smallest absolute Gasteiger partial charge is 0.338 e. The van der Waals surface area contributed by atoms with Gasteiger partial charge in [-0.25, -0.2) is 13.2 Å². The molecule has 0 bridgehead atoms. The Bertz CT molecular complexity index is 986. The van der Waals surface area contributed by atoms with Crippen LogP contribution in [0.1, 0.15) is 41.3 Å². The first kappa shape index (κ1) is 20.1. The van der Waals surface area contributed by atoms with Crippen molar-refractivity contribution < 1.29 is 17.9 Å². The van der Waals surface area contributed by atoms with E-state index in [-0.39, 0.29) is 17.1 Å². The molecule has 1 fully saturated rings. The van der Waals surface area contributed by atoms with E-state index in [1.54, 1.807) is 24.3 Å². The fourth-order valence-corrected chi connectivity index (χ4v) is 4.57. The summed E-state index contributed by atoms with van der Waals surface area (Å²) in [6.07, 6.45) is 1.72. The van der Waals surface area contributed by atoms with Gasteiger partial charge in [0.1, 0.15) is 6.61 Å². The lowest BCUT2D eigenvalue weighted by atomic mass is 10.0. The van der Waals surface area contributed by atoms with Crippen LogP contribution in [-0.2, 0) is 21.4 Å². The molecule has 3 rings (SSSR count). The summed E-state index contributed by atoms with van der Waals surface area (Å²) in [6, 6.07) is 14.7. The van der Waals surface area contributed by atoms with Crippen molar-refractivity contribution in [3.8, 4) is 6.07 Å². The van der Waals surface area contributed by atoms with E-state index in [4.69, 9.17) is 10.00 Å². The quantitative estimate of drug-likeness (QED) is 0.721. The van der Waals surface area contributed by atoms with Crippen LogP contribution in [-0.4, -0.2) is 31.8 Å². The Morgan fingerprint density at radius 1 is 1.18 bits per heavy atom. The molecule has 0 saturated carbocycles. The summed E-state index contributed by atoms with van der Waals surface area (Å²) in [5.74, 6) is -0.00412. The van der Waals surface area contributed by atoms with E-state index >= 15 is 0 Å². The van der Waals surface area contributed by atoms with Gasteiger partial charge in [0.05, 0.1) is 22.1 Å². The molecular formula is C21H22N2O4S. The third-order valence-corrected chi connectivity index (χ3v) is 6.81. The van der Waals surface area contributed by atoms with E-state index < -0.39 is 16.0 Å². The number of nitriles is 1. The summed E-state index contributed by atoms with van der Waals surface area (Å²) >= 11 is 0. The van der Waals surface area contributed by atoms with Gasteiger partial charge in [0.25, 0.3) is 0 Å². The zero-order chi connectivity index (χ0) is 20.1. The molecule has 0 N–H and O–H groups in total. The zero-order valence-electron chi connectivity index (χ0n) is 15.7. The highest BCUT2D eigenvalue weighted by Gasteiger charge is 2.28. The molecule has 1 heterocycles. The Morgan fingerprint density at radius 2 is 1.86 bits per heavy atom. The molecule has 0 radical (unpaired) electrons. The Kier molecular flexibility index (Phi) is 6.12. The number of sulfonamides is 1. The summed E-state index contributed by atoms with van der Waals surface area (Å²) in [5.41, 5.74) is 1.49. The second-order valence-corrected chi connectivity index (χ2v) is 8.94. The number of hydrogen-bond acceptors (Lipinski definition) is 5. The van der Waals surface area contributed by atoms with E-state index in [1.165, 1.54) is 28.6 Å². The first-order chi connectivity index (χ1) is 13.4. The molecule has 0 atom stereocenters. The van der Waals surface area contributed by atoms with Crippen LogP contribution >= 0.6 is 0 Å². The lowest BCUT2D eigenvalue weighted by Crippen LogP contribution is -2.37. The fourth-order valence-electron chi connectivity index (χ4n) is 3.10. The monoisotopic (exact) mass is 398 g/mol. The van der Waals surface area contributed by atoms with Gasteiger partial charge in [0, 0.05) is 13.1 Å². The maximum atomic E-state index is 12.7. The Morgan fingerprint density at radius 3 is 2.50 bits per heavy atom. The molecular weight excluding hydrogens is 376 g/mol. The first-order valence-electron chi connectivity index (χ1n) is 9.16. The van der Waals surface area contributed by atoms with Crippen molar-refractivity contribution in [2.24, 2.45) is 5.92 Å². The molecule has 2 aromatic rings. The van der Waals surface area contributed by atoms with Crippen LogP contribution in [0.4, 0.5) is 0 Å². The van der Waals surface area contributed by atoms with Crippen LogP contribution in [0.2, 0.25) is 0 Å². The van der Waals surface area contributed by atoms with Gasteiger partial charge in [-0.3, -0.25) is 0 Å². The standard InChI is InChI=1S/C21H22N2O4S/c1-16-9-11-23(12-10-16)28(25,26)20-7-5-19(6-8-20)21(24)27-15-18-4-2-3-17(13-18)14-22/h2-8,13,16H,9-12,15H2,1H3. The second kappa shape index (κ2) is 8.55. The average Bonchev–Trinajstić information content (AvgIpc) is 2.72. The molecule has 1 saturated heterocycles. The van der Waals surface area contributed by atoms with Crippen LogP contribution < -0.4 is 0 Å². The number of esters is 1. The van der Waals surface area contributed by atoms with Crippen LogP contribution in [0.5, 0.6) is 0 Å². The fraction of sp³-hybridized carbons (Fsp3) is 0.333. The van der Waals surface area contributed by atoms with Gasteiger partial charge < -0.3 is 4.74 Å². The van der Waals surface area contributed by atoms with Crippen molar-refractivity contribution >= 4 is 16.0 Å². The van der Waals surface area contributed by atoms with Crippen molar-refractivity contribution in [3.05, 3.63) is 65.2 Å². The third-order valence-electron chi connectivity index (χ3n) is 4.90. The van der Waals surface area contributed by atoms with Crippen LogP contribution in [0.25, 0.3) is 0 Å². The molecule has 0 spiro atoms. The van der Waals surface area contributed by atoms with Gasteiger partial charge in [-0.2, -0.15) is 9.57 Å². The van der Waals surface area contributed by atoms with Gasteiger partial charge in [-0.05, 0) is 60.7 Å². The van der Waals surface area contributed by atoms with Gasteiger partial charge in [0.2, 0.25) is 10.0 Å². The maximum absolute atomic E-state index is 12.7. The van der Waals surface area contributed by atoms with Crippen LogP contribution in [0.15, 0.2) is 53.4 Å². The van der Waals surface area contributed by atoms with E-state index in [2.05, 4.69) is 6.92 Å². The summed E-state index contributed by atoms with van der Waals surface area (Å²) < 4.78 is 32.2. The molecule has 0 amide bonds. The number of carbonyl (C=O) groups excluding carboxylic acids is 1. The number of carbonyl (C=O) groups is 1. The molecule has 2 aromatic carbocycles. The molecule has 146 valence electrons. The van der Waals surface area contributed by atoms with E-state index in [9.17, 15) is 13.2 Å². The Labute approximate surface area is 165 Å². The normalized spacial score (nSPS) is 15.7. The Hall–Kier alpha value is -2.69. The predicted molar refractivity (Wildman–Crippen MR) is 104 cm³/mol. The summed E-state index contributed by atoms with van der Waals surface area (Å²) in [4.78, 5) is 12.4. The SMILES string of the molecule is CC1CCN(S(=O)(=O)c2ccc(C(=O)OCc3cccc(C#N)c3)cc2)CC1. The molecule has 1 aliphatic rings. The van der Waals surface area contributed by atoms with Crippen molar-refractivity contribution in [2.45, 2.75) is 31.3 Å². The summed E-state index contributed by atoms with van der Waals surface area (Å²) in [6.45, 7) is 3.21. The first-order valence-corrected chi connectivity index (χ1v) is 10.6. The van der Waals surface area contributed by atoms with E-state index in [0.29, 0.717) is 30.1 Å². The highest BCUT2D eigenvalue weighted by atomic mass is 32.2. The van der Waals surface area contributed by atoms with Crippen LogP contribution in [0.3, 0.4) is 0 Å². The molecule has 7 heteroatoms. The van der Waals surface area contributed by atoms with Gasteiger partial charge >= 0.3 is 5.97 Å². The lowest BCUT2D eigenvalue weighted by Gasteiger charge is -2.29. The lowest BCUT2D eigenvalue weighted by molar-refractivity contribution is 0.0472. The van der Waals surface area contributed by atoms with Crippen molar-refractivity contribution in [1.82, 2.24) is 4.31 Å². The minimum Gasteiger partial charge on any atom is -0.457 e. The number of rotatable bonds is 5. The maximum Gasteiger partial charge on any atom is 0.338 e. The zero-order valence-corrected chi connectivity index (χ0v) is 16.5. The third kappa shape index (κ3) is 4.58.